The molecule has 1 atom stereocenters. The fourth-order valence-corrected chi connectivity index (χ4v) is 3.55. The van der Waals surface area contributed by atoms with Crippen molar-refractivity contribution in [2.24, 2.45) is 0 Å². The van der Waals surface area contributed by atoms with Crippen LogP contribution >= 0.6 is 0 Å². The van der Waals surface area contributed by atoms with Gasteiger partial charge in [0.25, 0.3) is 0 Å². The Morgan fingerprint density at radius 3 is 2.62 bits per heavy atom. The van der Waals surface area contributed by atoms with E-state index in [1.807, 2.05) is 32.1 Å². The lowest BCUT2D eigenvalue weighted by Crippen LogP contribution is -2.26. The van der Waals surface area contributed by atoms with Crippen molar-refractivity contribution in [1.29, 1.82) is 0 Å². The molecule has 0 saturated carbocycles. The Hall–Kier alpha value is -3.08. The van der Waals surface area contributed by atoms with Crippen molar-refractivity contribution in [3.63, 3.8) is 0 Å². The summed E-state index contributed by atoms with van der Waals surface area (Å²) >= 11 is 0. The molecule has 0 fully saturated rings. The second-order valence-corrected chi connectivity index (χ2v) is 7.04. The van der Waals surface area contributed by atoms with Gasteiger partial charge in [0.1, 0.15) is 23.5 Å². The highest BCUT2D eigenvalue weighted by Gasteiger charge is 2.39. The third-order valence-electron chi connectivity index (χ3n) is 4.86. The summed E-state index contributed by atoms with van der Waals surface area (Å²) in [5.74, 6) is 0.00568. The van der Waals surface area contributed by atoms with Crippen molar-refractivity contribution in [3.05, 3.63) is 71.0 Å². The van der Waals surface area contributed by atoms with Crippen molar-refractivity contribution >= 4 is 22.9 Å². The number of aromatic nitrogens is 1. The van der Waals surface area contributed by atoms with Crippen LogP contribution in [0, 0.1) is 5.82 Å². The van der Waals surface area contributed by atoms with Crippen molar-refractivity contribution in [3.8, 4) is 5.88 Å². The van der Waals surface area contributed by atoms with Crippen LogP contribution in [0.15, 0.2) is 48.5 Å². The Labute approximate surface area is 149 Å². The number of H-pyrrole nitrogens is 1. The first-order chi connectivity index (χ1) is 12.4. The fourth-order valence-electron chi connectivity index (χ4n) is 3.55. The van der Waals surface area contributed by atoms with Crippen LogP contribution in [-0.4, -0.2) is 22.0 Å². The van der Waals surface area contributed by atoms with Crippen LogP contribution in [0.1, 0.15) is 41.3 Å². The topological polar surface area (TPSA) is 62.3 Å². The summed E-state index contributed by atoms with van der Waals surface area (Å²) in [4.78, 5) is 13.7. The molecule has 4 nitrogen and oxygen atoms in total. The lowest BCUT2D eigenvalue weighted by Gasteiger charge is -2.27. The number of nitrogens with one attached hydrogen (secondary N) is 1. The molecule has 0 radical (unpaired) electrons. The van der Waals surface area contributed by atoms with Crippen molar-refractivity contribution in [2.75, 3.05) is 0 Å². The van der Waals surface area contributed by atoms with Crippen molar-refractivity contribution in [1.82, 2.24) is 4.98 Å². The quantitative estimate of drug-likeness (QED) is 0.669. The molecule has 1 aliphatic rings. The van der Waals surface area contributed by atoms with Gasteiger partial charge in [0.05, 0.1) is 5.56 Å². The maximum Gasteiger partial charge on any atom is 0.200 e. The van der Waals surface area contributed by atoms with E-state index in [0.29, 0.717) is 27.8 Å². The standard InChI is InChI=1S/C21H18FNO3/c1-21(2)16(13-5-3-12(11-24)4-6-13)10-18(26-21)19-15-9-14(22)7-8-17(15)23-20(19)25/h3-11,16,23,25H,1-2H3. The first-order valence-electron chi connectivity index (χ1n) is 8.35. The van der Waals surface area contributed by atoms with Gasteiger partial charge in [-0.2, -0.15) is 0 Å². The smallest absolute Gasteiger partial charge is 0.200 e. The zero-order valence-electron chi connectivity index (χ0n) is 14.4. The third kappa shape index (κ3) is 2.56. The molecule has 4 rings (SSSR count). The van der Waals surface area contributed by atoms with E-state index in [2.05, 4.69) is 4.98 Å². The number of aromatic amines is 1. The SMILES string of the molecule is CC1(C)OC(c2c(O)[nH]c3ccc(F)cc23)=CC1c1ccc(C=O)cc1. The summed E-state index contributed by atoms with van der Waals surface area (Å²) < 4.78 is 19.8. The minimum Gasteiger partial charge on any atom is -0.494 e. The van der Waals surface area contributed by atoms with Gasteiger partial charge in [0.2, 0.25) is 5.88 Å². The average Bonchev–Trinajstić information content (AvgIpc) is 3.09. The average molecular weight is 351 g/mol. The van der Waals surface area contributed by atoms with Gasteiger partial charge in [0, 0.05) is 22.4 Å². The van der Waals surface area contributed by atoms with E-state index in [1.54, 1.807) is 18.2 Å². The second-order valence-electron chi connectivity index (χ2n) is 7.04. The van der Waals surface area contributed by atoms with Gasteiger partial charge in [-0.1, -0.05) is 24.3 Å². The number of carbonyl (C=O) groups is 1. The van der Waals surface area contributed by atoms with E-state index in [0.717, 1.165) is 11.8 Å². The lowest BCUT2D eigenvalue weighted by molar-refractivity contribution is 0.0841. The largest absolute Gasteiger partial charge is 0.494 e. The molecule has 132 valence electrons. The molecule has 2 heterocycles. The molecule has 0 spiro atoms. The number of hydrogen-bond donors (Lipinski definition) is 2. The van der Waals surface area contributed by atoms with Crippen LogP contribution in [0.5, 0.6) is 5.88 Å². The van der Waals surface area contributed by atoms with E-state index in [4.69, 9.17) is 4.74 Å². The summed E-state index contributed by atoms with van der Waals surface area (Å²) in [5, 5.41) is 10.9. The minimum absolute atomic E-state index is 0.0513. The molecule has 3 aromatic rings. The van der Waals surface area contributed by atoms with Crippen molar-refractivity contribution < 1.29 is 19.0 Å². The summed E-state index contributed by atoms with van der Waals surface area (Å²) in [6.07, 6.45) is 2.74. The number of halogens is 1. The number of aldehydes is 1. The molecule has 1 aliphatic heterocycles. The molecule has 0 amide bonds. The molecule has 26 heavy (non-hydrogen) atoms. The minimum atomic E-state index is -0.554. The number of hydrogen-bond acceptors (Lipinski definition) is 3. The Balaban J connectivity index is 1.81. The number of ether oxygens (including phenoxy) is 1. The predicted octanol–water partition coefficient (Wildman–Crippen LogP) is 4.76. The fraction of sp³-hybridized carbons (Fsp3) is 0.190. The molecule has 2 N–H and O–H groups in total. The highest BCUT2D eigenvalue weighted by molar-refractivity contribution is 5.94. The maximum atomic E-state index is 13.7. The lowest BCUT2D eigenvalue weighted by atomic mass is 9.85. The first kappa shape index (κ1) is 16.4. The summed E-state index contributed by atoms with van der Waals surface area (Å²) in [6, 6.07) is 11.6. The molecule has 1 unspecified atom stereocenters. The third-order valence-corrected chi connectivity index (χ3v) is 4.86. The molecule has 0 saturated heterocycles. The second kappa shape index (κ2) is 5.73. The maximum absolute atomic E-state index is 13.7. The van der Waals surface area contributed by atoms with Gasteiger partial charge < -0.3 is 14.8 Å². The molecule has 0 bridgehead atoms. The van der Waals surface area contributed by atoms with Crippen LogP contribution in [0.3, 0.4) is 0 Å². The van der Waals surface area contributed by atoms with Crippen molar-refractivity contribution in [2.45, 2.75) is 25.4 Å². The van der Waals surface area contributed by atoms with Crippen LogP contribution in [-0.2, 0) is 4.74 Å². The predicted molar refractivity (Wildman–Crippen MR) is 97.6 cm³/mol. The molecular formula is C21H18FNO3. The Morgan fingerprint density at radius 1 is 1.19 bits per heavy atom. The first-order valence-corrected chi connectivity index (χ1v) is 8.35. The van der Waals surface area contributed by atoms with Crippen LogP contribution in [0.25, 0.3) is 16.7 Å². The number of rotatable bonds is 3. The van der Waals surface area contributed by atoms with Gasteiger partial charge in [-0.15, -0.1) is 0 Å². The molecular weight excluding hydrogens is 333 g/mol. The zero-order chi connectivity index (χ0) is 18.5. The normalized spacial score (nSPS) is 18.6. The monoisotopic (exact) mass is 351 g/mol. The van der Waals surface area contributed by atoms with Gasteiger partial charge in [-0.05, 0) is 43.7 Å². The Kier molecular flexibility index (Phi) is 3.61. The van der Waals surface area contributed by atoms with Gasteiger partial charge in [-0.3, -0.25) is 4.79 Å². The van der Waals surface area contributed by atoms with E-state index < -0.39 is 5.60 Å². The van der Waals surface area contributed by atoms with E-state index in [-0.39, 0.29) is 17.6 Å². The Morgan fingerprint density at radius 2 is 1.92 bits per heavy atom. The van der Waals surface area contributed by atoms with Crippen LogP contribution in [0.4, 0.5) is 4.39 Å². The molecule has 5 heteroatoms. The number of benzene rings is 2. The van der Waals surface area contributed by atoms with Crippen LogP contribution < -0.4 is 0 Å². The molecule has 1 aromatic heterocycles. The molecule has 2 aromatic carbocycles. The van der Waals surface area contributed by atoms with E-state index in [1.165, 1.54) is 12.1 Å². The Bertz CT molecular complexity index is 1030. The number of carbonyl (C=O) groups excluding carboxylic acids is 1. The number of aromatic hydroxyl groups is 1. The zero-order valence-corrected chi connectivity index (χ0v) is 14.4. The highest BCUT2D eigenvalue weighted by atomic mass is 19.1. The number of fused-ring (bicyclic) bond motifs is 1. The van der Waals surface area contributed by atoms with Gasteiger partial charge >= 0.3 is 0 Å². The van der Waals surface area contributed by atoms with E-state index in [9.17, 15) is 14.3 Å². The summed E-state index contributed by atoms with van der Waals surface area (Å²) in [6.45, 7) is 3.92. The van der Waals surface area contributed by atoms with Gasteiger partial charge in [0.15, 0.2) is 0 Å². The molecule has 0 aliphatic carbocycles. The highest BCUT2D eigenvalue weighted by Crippen LogP contribution is 2.47. The summed E-state index contributed by atoms with van der Waals surface area (Å²) in [5.41, 5.74) is 2.15. The van der Waals surface area contributed by atoms with E-state index >= 15 is 0 Å². The van der Waals surface area contributed by atoms with Crippen LogP contribution in [0.2, 0.25) is 0 Å². The summed E-state index contributed by atoms with van der Waals surface area (Å²) in [7, 11) is 0. The van der Waals surface area contributed by atoms with Gasteiger partial charge in [-0.25, -0.2) is 4.39 Å².